The highest BCUT2D eigenvalue weighted by molar-refractivity contribution is 9.10. The van der Waals surface area contributed by atoms with Gasteiger partial charge in [0.25, 0.3) is 5.91 Å². The Balaban J connectivity index is 2.29. The van der Waals surface area contributed by atoms with Gasteiger partial charge < -0.3 is 15.0 Å². The van der Waals surface area contributed by atoms with Gasteiger partial charge in [0.05, 0.1) is 10.9 Å². The lowest BCUT2D eigenvalue weighted by atomic mass is 10.2. The minimum atomic E-state index is -0.910. The van der Waals surface area contributed by atoms with Crippen molar-refractivity contribution in [3.8, 4) is 0 Å². The van der Waals surface area contributed by atoms with E-state index in [2.05, 4.69) is 20.9 Å². The van der Waals surface area contributed by atoms with Crippen LogP contribution < -0.4 is 0 Å². The predicted octanol–water partition coefficient (Wildman–Crippen LogP) is 2.87. The fraction of sp³-hybridized carbons (Fsp3) is 0.286. The normalized spacial score (nSPS) is 10.7. The molecule has 20 heavy (non-hydrogen) atoms. The molecule has 0 atom stereocenters. The molecule has 0 aliphatic heterocycles. The molecule has 2 N–H and O–H groups in total. The summed E-state index contributed by atoms with van der Waals surface area (Å²) in [6.07, 6.45) is -0.0581. The number of aromatic nitrogens is 1. The first-order valence-corrected chi connectivity index (χ1v) is 7.11. The number of para-hydroxylation sites is 1. The van der Waals surface area contributed by atoms with Gasteiger partial charge in [-0.15, -0.1) is 0 Å². The molecule has 0 spiro atoms. The monoisotopic (exact) mass is 338 g/mol. The van der Waals surface area contributed by atoms with Crippen LogP contribution in [0.3, 0.4) is 0 Å². The maximum Gasteiger partial charge on any atom is 0.305 e. The molecule has 0 radical (unpaired) electrons. The first kappa shape index (κ1) is 14.6. The Morgan fingerprint density at radius 3 is 2.65 bits per heavy atom. The summed E-state index contributed by atoms with van der Waals surface area (Å²) in [5, 5.41) is 9.66. The number of carbonyl (C=O) groups is 2. The van der Waals surface area contributed by atoms with Crippen LogP contribution in [0, 0.1) is 0 Å². The van der Waals surface area contributed by atoms with E-state index in [1.165, 1.54) is 4.90 Å². The fourth-order valence-electron chi connectivity index (χ4n) is 2.05. The summed E-state index contributed by atoms with van der Waals surface area (Å²) in [4.78, 5) is 27.7. The third kappa shape index (κ3) is 2.85. The van der Waals surface area contributed by atoms with Crippen molar-refractivity contribution < 1.29 is 14.7 Å². The standard InChI is InChI=1S/C14H15BrN2O3/c1-2-17(8-7-11(18)19)14(20)13-12(15)9-5-3-4-6-10(9)16-13/h3-6,16H,2,7-8H2,1H3,(H,18,19). The van der Waals surface area contributed by atoms with Gasteiger partial charge in [-0.3, -0.25) is 9.59 Å². The summed E-state index contributed by atoms with van der Waals surface area (Å²) in [6.45, 7) is 2.50. The van der Waals surface area contributed by atoms with E-state index in [1.54, 1.807) is 0 Å². The van der Waals surface area contributed by atoms with E-state index in [0.29, 0.717) is 16.7 Å². The van der Waals surface area contributed by atoms with Crippen LogP contribution in [-0.4, -0.2) is 40.0 Å². The van der Waals surface area contributed by atoms with Crippen LogP contribution in [0.4, 0.5) is 0 Å². The maximum atomic E-state index is 12.5. The molecular formula is C14H15BrN2O3. The number of H-pyrrole nitrogens is 1. The van der Waals surface area contributed by atoms with Crippen molar-refractivity contribution in [1.82, 2.24) is 9.88 Å². The SMILES string of the molecule is CCN(CCC(=O)O)C(=O)c1[nH]c2ccccc2c1Br. The molecule has 0 aliphatic carbocycles. The molecule has 1 aromatic heterocycles. The lowest BCUT2D eigenvalue weighted by Crippen LogP contribution is -2.33. The Bertz CT molecular complexity index is 651. The fourth-order valence-corrected chi connectivity index (χ4v) is 2.66. The van der Waals surface area contributed by atoms with Gasteiger partial charge >= 0.3 is 5.97 Å². The molecule has 0 aliphatic rings. The minimum Gasteiger partial charge on any atom is -0.481 e. The highest BCUT2D eigenvalue weighted by atomic mass is 79.9. The largest absolute Gasteiger partial charge is 0.481 e. The van der Waals surface area contributed by atoms with Crippen LogP contribution >= 0.6 is 15.9 Å². The van der Waals surface area contributed by atoms with Crippen LogP contribution in [0.1, 0.15) is 23.8 Å². The van der Waals surface area contributed by atoms with E-state index >= 15 is 0 Å². The minimum absolute atomic E-state index is 0.0581. The second kappa shape index (κ2) is 6.09. The number of carboxylic acid groups (broad SMARTS) is 1. The summed E-state index contributed by atoms with van der Waals surface area (Å²) < 4.78 is 0.715. The van der Waals surface area contributed by atoms with Gasteiger partial charge in [-0.25, -0.2) is 0 Å². The summed E-state index contributed by atoms with van der Waals surface area (Å²) in [5.74, 6) is -1.11. The first-order chi connectivity index (χ1) is 9.54. The average molecular weight is 339 g/mol. The molecule has 0 fully saturated rings. The Morgan fingerprint density at radius 1 is 1.35 bits per heavy atom. The Hall–Kier alpha value is -1.82. The van der Waals surface area contributed by atoms with Crippen LogP contribution in [0.5, 0.6) is 0 Å². The predicted molar refractivity (Wildman–Crippen MR) is 79.8 cm³/mol. The Labute approximate surface area is 124 Å². The topological polar surface area (TPSA) is 73.4 Å². The van der Waals surface area contributed by atoms with Crippen molar-refractivity contribution in [2.75, 3.05) is 13.1 Å². The van der Waals surface area contributed by atoms with Crippen LogP contribution in [0.25, 0.3) is 10.9 Å². The zero-order chi connectivity index (χ0) is 14.7. The number of nitrogens with zero attached hydrogens (tertiary/aromatic N) is 1. The lowest BCUT2D eigenvalue weighted by molar-refractivity contribution is -0.137. The van der Waals surface area contributed by atoms with Crippen molar-refractivity contribution in [3.63, 3.8) is 0 Å². The number of rotatable bonds is 5. The van der Waals surface area contributed by atoms with E-state index in [0.717, 1.165) is 10.9 Å². The number of carbonyl (C=O) groups excluding carboxylic acids is 1. The number of nitrogens with one attached hydrogen (secondary N) is 1. The molecule has 0 unspecified atom stereocenters. The van der Waals surface area contributed by atoms with Crippen LogP contribution in [0.15, 0.2) is 28.7 Å². The van der Waals surface area contributed by atoms with Gasteiger partial charge in [-0.05, 0) is 28.9 Å². The van der Waals surface area contributed by atoms with E-state index in [-0.39, 0.29) is 18.9 Å². The number of halogens is 1. The third-order valence-corrected chi connectivity index (χ3v) is 3.94. The maximum absolute atomic E-state index is 12.5. The highest BCUT2D eigenvalue weighted by Gasteiger charge is 2.21. The second-order valence-corrected chi connectivity index (χ2v) is 5.18. The first-order valence-electron chi connectivity index (χ1n) is 6.31. The van der Waals surface area contributed by atoms with Gasteiger partial charge in [-0.2, -0.15) is 0 Å². The molecule has 1 heterocycles. The summed E-state index contributed by atoms with van der Waals surface area (Å²) >= 11 is 3.43. The molecule has 0 saturated carbocycles. The number of hydrogen-bond donors (Lipinski definition) is 2. The summed E-state index contributed by atoms with van der Waals surface area (Å²) in [5.41, 5.74) is 1.33. The molecule has 1 amide bonds. The van der Waals surface area contributed by atoms with E-state index in [9.17, 15) is 9.59 Å². The number of aliphatic carboxylic acids is 1. The van der Waals surface area contributed by atoms with E-state index in [1.807, 2.05) is 31.2 Å². The molecule has 5 nitrogen and oxygen atoms in total. The van der Waals surface area contributed by atoms with Crippen LogP contribution in [-0.2, 0) is 4.79 Å². The second-order valence-electron chi connectivity index (χ2n) is 4.39. The molecular weight excluding hydrogens is 324 g/mol. The molecule has 0 bridgehead atoms. The van der Waals surface area contributed by atoms with Crippen molar-refractivity contribution in [1.29, 1.82) is 0 Å². The molecule has 2 rings (SSSR count). The lowest BCUT2D eigenvalue weighted by Gasteiger charge is -2.19. The number of carboxylic acids is 1. The molecule has 106 valence electrons. The Kier molecular flexibility index (Phi) is 4.44. The highest BCUT2D eigenvalue weighted by Crippen LogP contribution is 2.28. The van der Waals surface area contributed by atoms with Crippen molar-refractivity contribution in [3.05, 3.63) is 34.4 Å². The number of aromatic amines is 1. The van der Waals surface area contributed by atoms with Gasteiger partial charge in [0, 0.05) is 24.0 Å². The number of fused-ring (bicyclic) bond motifs is 1. The van der Waals surface area contributed by atoms with Gasteiger partial charge in [-0.1, -0.05) is 18.2 Å². The number of hydrogen-bond acceptors (Lipinski definition) is 2. The zero-order valence-electron chi connectivity index (χ0n) is 11.0. The summed E-state index contributed by atoms with van der Waals surface area (Å²) in [7, 11) is 0. The average Bonchev–Trinajstić information content (AvgIpc) is 2.77. The van der Waals surface area contributed by atoms with Crippen molar-refractivity contribution in [2.45, 2.75) is 13.3 Å². The van der Waals surface area contributed by atoms with E-state index in [4.69, 9.17) is 5.11 Å². The van der Waals surface area contributed by atoms with Gasteiger partial charge in [0.1, 0.15) is 5.69 Å². The van der Waals surface area contributed by atoms with Crippen molar-refractivity contribution >= 4 is 38.7 Å². The molecule has 2 aromatic rings. The third-order valence-electron chi connectivity index (χ3n) is 3.12. The quantitative estimate of drug-likeness (QED) is 0.880. The van der Waals surface area contributed by atoms with Gasteiger partial charge in [0.2, 0.25) is 0 Å². The van der Waals surface area contributed by atoms with Crippen LogP contribution in [0.2, 0.25) is 0 Å². The Morgan fingerprint density at radius 2 is 2.05 bits per heavy atom. The van der Waals surface area contributed by atoms with Gasteiger partial charge in [0.15, 0.2) is 0 Å². The smallest absolute Gasteiger partial charge is 0.305 e. The summed E-state index contributed by atoms with van der Waals surface area (Å²) in [6, 6.07) is 7.60. The van der Waals surface area contributed by atoms with Crippen molar-refractivity contribution in [2.24, 2.45) is 0 Å². The number of amides is 1. The molecule has 6 heteroatoms. The molecule has 0 saturated heterocycles. The number of benzene rings is 1. The zero-order valence-corrected chi connectivity index (χ0v) is 12.6. The molecule has 1 aromatic carbocycles. The van der Waals surface area contributed by atoms with E-state index < -0.39 is 5.97 Å².